The van der Waals surface area contributed by atoms with Crippen molar-refractivity contribution >= 4 is 17.7 Å². The molecule has 1 rings (SSSR count). The van der Waals surface area contributed by atoms with E-state index in [-0.39, 0.29) is 5.97 Å². The monoisotopic (exact) mass is 283 g/mol. The molecule has 6 heteroatoms. The van der Waals surface area contributed by atoms with Crippen LogP contribution in [0.15, 0.2) is 17.4 Å². The Labute approximate surface area is 118 Å². The van der Waals surface area contributed by atoms with Gasteiger partial charge in [-0.2, -0.15) is 0 Å². The summed E-state index contributed by atoms with van der Waals surface area (Å²) in [4.78, 5) is 20.2. The largest absolute Gasteiger partial charge is 0.468 e. The zero-order valence-electron chi connectivity index (χ0n) is 11.9. The number of likely N-dealkylation sites (N-methyl/N-ethyl adjacent to an activating group) is 1. The number of methoxy groups -OCH3 is 1. The smallest absolute Gasteiger partial charge is 0.325 e. The third-order valence-electron chi connectivity index (χ3n) is 3.01. The molecule has 0 aliphatic heterocycles. The summed E-state index contributed by atoms with van der Waals surface area (Å²) in [5.74, 6) is 0.643. The molecule has 1 unspecified atom stereocenters. The number of nitrogens with one attached hydrogen (secondary N) is 1. The normalized spacial score (nSPS) is 13.9. The maximum atomic E-state index is 11.7. The Hall–Kier alpha value is -1.14. The number of carbonyl (C=O) groups is 1. The van der Waals surface area contributed by atoms with Crippen molar-refractivity contribution < 1.29 is 9.53 Å². The molecule has 0 fully saturated rings. The van der Waals surface area contributed by atoms with Crippen LogP contribution in [0.2, 0.25) is 0 Å². The zero-order chi connectivity index (χ0) is 14.3. The minimum Gasteiger partial charge on any atom is -0.468 e. The van der Waals surface area contributed by atoms with Gasteiger partial charge in [-0.15, -0.1) is 0 Å². The molecule has 19 heavy (non-hydrogen) atoms. The number of aryl methyl sites for hydroxylation is 1. The Balaban J connectivity index is 2.39. The lowest BCUT2D eigenvalue weighted by Gasteiger charge is -2.25. The van der Waals surface area contributed by atoms with Gasteiger partial charge in [0.05, 0.1) is 7.11 Å². The molecule has 0 amide bonds. The van der Waals surface area contributed by atoms with E-state index in [4.69, 9.17) is 4.74 Å². The summed E-state index contributed by atoms with van der Waals surface area (Å²) in [7, 11) is 3.18. The Morgan fingerprint density at radius 3 is 2.89 bits per heavy atom. The second-order valence-electron chi connectivity index (χ2n) is 4.51. The van der Waals surface area contributed by atoms with Crippen LogP contribution in [0.3, 0.4) is 0 Å². The van der Waals surface area contributed by atoms with E-state index in [1.54, 1.807) is 25.0 Å². The summed E-state index contributed by atoms with van der Waals surface area (Å²) in [6, 6.07) is 1.87. The molecule has 0 bridgehead atoms. The van der Waals surface area contributed by atoms with Gasteiger partial charge in [-0.05, 0) is 39.8 Å². The maximum absolute atomic E-state index is 11.7. The third-order valence-corrected chi connectivity index (χ3v) is 3.96. The number of hydrogen-bond acceptors (Lipinski definition) is 6. The van der Waals surface area contributed by atoms with Crippen LogP contribution < -0.4 is 5.32 Å². The molecular formula is C13H21N3O2S. The highest BCUT2D eigenvalue weighted by molar-refractivity contribution is 7.99. The number of ether oxygens (including phenoxy) is 1. The van der Waals surface area contributed by atoms with Crippen molar-refractivity contribution in [3.05, 3.63) is 18.0 Å². The van der Waals surface area contributed by atoms with E-state index in [2.05, 4.69) is 15.3 Å². The Bertz CT molecular complexity index is 428. The molecule has 0 aromatic carbocycles. The molecule has 0 aliphatic rings. The third kappa shape index (κ3) is 4.80. The summed E-state index contributed by atoms with van der Waals surface area (Å²) in [6.45, 7) is 3.80. The van der Waals surface area contributed by atoms with Crippen molar-refractivity contribution in [3.63, 3.8) is 0 Å². The number of thioether (sulfide) groups is 1. The van der Waals surface area contributed by atoms with E-state index in [0.717, 1.165) is 29.4 Å². The van der Waals surface area contributed by atoms with Gasteiger partial charge in [-0.25, -0.2) is 9.97 Å². The zero-order valence-corrected chi connectivity index (χ0v) is 12.7. The van der Waals surface area contributed by atoms with Crippen LogP contribution >= 0.6 is 11.8 Å². The summed E-state index contributed by atoms with van der Waals surface area (Å²) in [5.41, 5.74) is 0.343. The van der Waals surface area contributed by atoms with Crippen molar-refractivity contribution in [2.24, 2.45) is 0 Å². The summed E-state index contributed by atoms with van der Waals surface area (Å²) in [5, 5.41) is 3.80. The van der Waals surface area contributed by atoms with Gasteiger partial charge in [0.15, 0.2) is 5.16 Å². The number of carbonyl (C=O) groups excluding carboxylic acids is 1. The van der Waals surface area contributed by atoms with E-state index < -0.39 is 5.54 Å². The lowest BCUT2D eigenvalue weighted by Crippen LogP contribution is -2.48. The fourth-order valence-corrected chi connectivity index (χ4v) is 2.45. The van der Waals surface area contributed by atoms with Crippen molar-refractivity contribution in [1.82, 2.24) is 15.3 Å². The number of hydrogen-bond donors (Lipinski definition) is 1. The molecule has 106 valence electrons. The summed E-state index contributed by atoms with van der Waals surface area (Å²) >= 11 is 1.60. The highest BCUT2D eigenvalue weighted by Gasteiger charge is 2.31. The first-order valence-electron chi connectivity index (χ1n) is 6.21. The Morgan fingerprint density at radius 1 is 1.58 bits per heavy atom. The molecule has 0 spiro atoms. The van der Waals surface area contributed by atoms with Gasteiger partial charge in [0.1, 0.15) is 5.54 Å². The van der Waals surface area contributed by atoms with Gasteiger partial charge in [-0.1, -0.05) is 11.8 Å². The average molecular weight is 283 g/mol. The van der Waals surface area contributed by atoms with Crippen LogP contribution in [0, 0.1) is 6.92 Å². The average Bonchev–Trinajstić information content (AvgIpc) is 2.42. The van der Waals surface area contributed by atoms with Crippen LogP contribution in [0.25, 0.3) is 0 Å². The standard InChI is InChI=1S/C13H21N3O2S/c1-10-6-8-15-12(16-10)19-9-5-7-13(2,14-3)11(17)18-4/h6,8,14H,5,7,9H2,1-4H3. The first-order valence-corrected chi connectivity index (χ1v) is 7.20. The second-order valence-corrected chi connectivity index (χ2v) is 5.57. The highest BCUT2D eigenvalue weighted by atomic mass is 32.2. The molecule has 0 radical (unpaired) electrons. The lowest BCUT2D eigenvalue weighted by molar-refractivity contribution is -0.148. The maximum Gasteiger partial charge on any atom is 0.325 e. The van der Waals surface area contributed by atoms with E-state index >= 15 is 0 Å². The van der Waals surface area contributed by atoms with Crippen molar-refractivity contribution in [2.75, 3.05) is 19.9 Å². The van der Waals surface area contributed by atoms with Crippen molar-refractivity contribution in [3.8, 4) is 0 Å². The summed E-state index contributed by atoms with van der Waals surface area (Å²) in [6.07, 6.45) is 3.36. The molecule has 0 saturated carbocycles. The molecular weight excluding hydrogens is 262 g/mol. The molecule has 1 aromatic rings. The van der Waals surface area contributed by atoms with E-state index in [1.165, 1.54) is 7.11 Å². The van der Waals surface area contributed by atoms with Gasteiger partial charge in [0.25, 0.3) is 0 Å². The van der Waals surface area contributed by atoms with Gasteiger partial charge < -0.3 is 10.1 Å². The van der Waals surface area contributed by atoms with Gasteiger partial charge in [0.2, 0.25) is 0 Å². The van der Waals surface area contributed by atoms with Gasteiger partial charge >= 0.3 is 5.97 Å². The fourth-order valence-electron chi connectivity index (χ4n) is 1.64. The van der Waals surface area contributed by atoms with Crippen molar-refractivity contribution in [2.45, 2.75) is 37.4 Å². The van der Waals surface area contributed by atoms with Gasteiger partial charge in [-0.3, -0.25) is 4.79 Å². The molecule has 0 aliphatic carbocycles. The van der Waals surface area contributed by atoms with E-state index in [1.807, 2.05) is 19.9 Å². The topological polar surface area (TPSA) is 64.1 Å². The van der Waals surface area contributed by atoms with Crippen LogP contribution in [0.1, 0.15) is 25.5 Å². The number of rotatable bonds is 7. The molecule has 5 nitrogen and oxygen atoms in total. The minimum absolute atomic E-state index is 0.230. The molecule has 1 atom stereocenters. The predicted molar refractivity (Wildman–Crippen MR) is 76.2 cm³/mol. The Morgan fingerprint density at radius 2 is 2.32 bits per heavy atom. The minimum atomic E-state index is -0.622. The Kier molecular flexibility index (Phi) is 6.24. The SMILES string of the molecule is CNC(C)(CCCSc1nccc(C)n1)C(=O)OC. The van der Waals surface area contributed by atoms with Crippen LogP contribution in [0.4, 0.5) is 0 Å². The highest BCUT2D eigenvalue weighted by Crippen LogP contribution is 2.19. The molecule has 1 N–H and O–H groups in total. The van der Waals surface area contributed by atoms with Crippen LogP contribution in [0.5, 0.6) is 0 Å². The molecule has 0 saturated heterocycles. The summed E-state index contributed by atoms with van der Waals surface area (Å²) < 4.78 is 4.80. The van der Waals surface area contributed by atoms with E-state index in [0.29, 0.717) is 0 Å². The lowest BCUT2D eigenvalue weighted by atomic mass is 9.97. The van der Waals surface area contributed by atoms with Crippen LogP contribution in [-0.4, -0.2) is 41.4 Å². The number of esters is 1. The van der Waals surface area contributed by atoms with Gasteiger partial charge in [0, 0.05) is 17.6 Å². The van der Waals surface area contributed by atoms with E-state index in [9.17, 15) is 4.79 Å². The quantitative estimate of drug-likeness (QED) is 0.356. The number of nitrogens with zero attached hydrogens (tertiary/aromatic N) is 2. The van der Waals surface area contributed by atoms with Crippen LogP contribution in [-0.2, 0) is 9.53 Å². The first kappa shape index (κ1) is 15.9. The first-order chi connectivity index (χ1) is 9.01. The number of aromatic nitrogens is 2. The second kappa shape index (κ2) is 7.45. The molecule has 1 heterocycles. The molecule has 1 aromatic heterocycles. The van der Waals surface area contributed by atoms with Crippen molar-refractivity contribution in [1.29, 1.82) is 0 Å². The fraction of sp³-hybridized carbons (Fsp3) is 0.615. The predicted octanol–water partition coefficient (Wildman–Crippen LogP) is 1.81.